The van der Waals surface area contributed by atoms with Gasteiger partial charge in [0.25, 0.3) is 0 Å². The van der Waals surface area contributed by atoms with Gasteiger partial charge in [-0.25, -0.2) is 0 Å². The molecular weight excluding hydrogens is 286 g/mol. The van der Waals surface area contributed by atoms with Crippen LogP contribution in [0.2, 0.25) is 0 Å². The first-order valence-corrected chi connectivity index (χ1v) is 8.62. The van der Waals surface area contributed by atoms with Crippen LogP contribution in [0.4, 0.5) is 0 Å². The van der Waals surface area contributed by atoms with E-state index in [2.05, 4.69) is 47.7 Å². The molecule has 124 valence electrons. The molecule has 23 heavy (non-hydrogen) atoms. The zero-order chi connectivity index (χ0) is 16.4. The molecule has 0 radical (unpaired) electrons. The first-order chi connectivity index (χ1) is 11.0. The highest BCUT2D eigenvalue weighted by atomic mass is 15.3. The summed E-state index contributed by atoms with van der Waals surface area (Å²) in [5, 5.41) is 4.37. The molecule has 0 saturated carbocycles. The fourth-order valence-electron chi connectivity index (χ4n) is 3.16. The third-order valence-corrected chi connectivity index (χ3v) is 4.68. The van der Waals surface area contributed by atoms with Crippen molar-refractivity contribution in [3.8, 4) is 11.3 Å². The molecular formula is C18H27N5. The van der Waals surface area contributed by atoms with Crippen molar-refractivity contribution in [3.63, 3.8) is 0 Å². The van der Waals surface area contributed by atoms with E-state index in [1.54, 1.807) is 0 Å². The van der Waals surface area contributed by atoms with Crippen LogP contribution in [-0.4, -0.2) is 43.8 Å². The minimum Gasteiger partial charge on any atom is -0.301 e. The van der Waals surface area contributed by atoms with Crippen LogP contribution in [-0.2, 0) is 6.42 Å². The van der Waals surface area contributed by atoms with Gasteiger partial charge in [0, 0.05) is 36.6 Å². The molecule has 3 rings (SSSR count). The lowest BCUT2D eigenvalue weighted by Gasteiger charge is -2.20. The molecule has 3 heterocycles. The van der Waals surface area contributed by atoms with Crippen molar-refractivity contribution in [1.29, 1.82) is 0 Å². The molecule has 2 aromatic heterocycles. The maximum absolute atomic E-state index is 4.62. The summed E-state index contributed by atoms with van der Waals surface area (Å²) in [7, 11) is 0. The van der Waals surface area contributed by atoms with Crippen molar-refractivity contribution < 1.29 is 0 Å². The molecule has 0 amide bonds. The SMILES string of the molecule is CC(C)N1CC[C@@H](Cc2cnc(-c3cnn(C(C)C)c3)cn2)C1. The van der Waals surface area contributed by atoms with Crippen molar-refractivity contribution in [2.24, 2.45) is 5.92 Å². The van der Waals surface area contributed by atoms with Gasteiger partial charge in [-0.3, -0.25) is 14.6 Å². The Bertz CT molecular complexity index is 629. The molecule has 5 heteroatoms. The van der Waals surface area contributed by atoms with Gasteiger partial charge in [-0.1, -0.05) is 0 Å². The summed E-state index contributed by atoms with van der Waals surface area (Å²) >= 11 is 0. The van der Waals surface area contributed by atoms with Crippen LogP contribution in [0.25, 0.3) is 11.3 Å². The Hall–Kier alpha value is -1.75. The number of rotatable bonds is 5. The molecule has 0 N–H and O–H groups in total. The molecule has 0 spiro atoms. The summed E-state index contributed by atoms with van der Waals surface area (Å²) in [6.45, 7) is 11.2. The lowest BCUT2D eigenvalue weighted by Crippen LogP contribution is -2.28. The topological polar surface area (TPSA) is 46.8 Å². The molecule has 1 aliphatic heterocycles. The van der Waals surface area contributed by atoms with Crippen molar-refractivity contribution in [2.75, 3.05) is 13.1 Å². The monoisotopic (exact) mass is 313 g/mol. The van der Waals surface area contributed by atoms with Crippen molar-refractivity contribution in [3.05, 3.63) is 30.5 Å². The van der Waals surface area contributed by atoms with E-state index in [1.165, 1.54) is 19.5 Å². The van der Waals surface area contributed by atoms with E-state index >= 15 is 0 Å². The quantitative estimate of drug-likeness (QED) is 0.850. The third kappa shape index (κ3) is 3.78. The standard InChI is InChI=1S/C18H27N5/c1-13(2)22-6-5-15(11-22)7-17-9-20-18(10-19-17)16-8-21-23(12-16)14(3)4/h8-10,12-15H,5-7,11H2,1-4H3/t15-/m0/s1. The summed E-state index contributed by atoms with van der Waals surface area (Å²) < 4.78 is 1.95. The molecule has 0 aromatic carbocycles. The average Bonchev–Trinajstić information content (AvgIpc) is 3.17. The minimum atomic E-state index is 0.363. The van der Waals surface area contributed by atoms with E-state index in [9.17, 15) is 0 Å². The molecule has 0 aliphatic carbocycles. The first-order valence-electron chi connectivity index (χ1n) is 8.62. The second kappa shape index (κ2) is 6.79. The van der Waals surface area contributed by atoms with Crippen LogP contribution in [0.15, 0.2) is 24.8 Å². The summed E-state index contributed by atoms with van der Waals surface area (Å²) in [6.07, 6.45) is 10.0. The van der Waals surface area contributed by atoms with Crippen LogP contribution < -0.4 is 0 Å². The van der Waals surface area contributed by atoms with Crippen molar-refractivity contribution >= 4 is 0 Å². The van der Waals surface area contributed by atoms with Gasteiger partial charge in [0.15, 0.2) is 0 Å². The highest BCUT2D eigenvalue weighted by Crippen LogP contribution is 2.22. The Morgan fingerprint density at radius 3 is 2.48 bits per heavy atom. The van der Waals surface area contributed by atoms with Crippen LogP contribution in [0, 0.1) is 5.92 Å². The van der Waals surface area contributed by atoms with Gasteiger partial charge in [-0.05, 0) is 53.0 Å². The maximum Gasteiger partial charge on any atom is 0.0916 e. The van der Waals surface area contributed by atoms with Gasteiger partial charge in [0.05, 0.1) is 23.8 Å². The molecule has 1 saturated heterocycles. The van der Waals surface area contributed by atoms with E-state index in [-0.39, 0.29) is 0 Å². The molecule has 1 atom stereocenters. The largest absolute Gasteiger partial charge is 0.301 e. The van der Waals surface area contributed by atoms with Crippen molar-refractivity contribution in [1.82, 2.24) is 24.6 Å². The summed E-state index contributed by atoms with van der Waals surface area (Å²) in [5.41, 5.74) is 3.03. The number of nitrogens with zero attached hydrogens (tertiary/aromatic N) is 5. The second-order valence-electron chi connectivity index (χ2n) is 7.14. The Kier molecular flexibility index (Phi) is 4.76. The smallest absolute Gasteiger partial charge is 0.0916 e. The van der Waals surface area contributed by atoms with Crippen LogP contribution in [0.1, 0.15) is 45.9 Å². The summed E-state index contributed by atoms with van der Waals surface area (Å²) in [5.74, 6) is 0.709. The predicted molar refractivity (Wildman–Crippen MR) is 92.2 cm³/mol. The van der Waals surface area contributed by atoms with Gasteiger partial charge in [0.2, 0.25) is 0 Å². The Morgan fingerprint density at radius 2 is 1.91 bits per heavy atom. The Morgan fingerprint density at radius 1 is 1.09 bits per heavy atom. The van der Waals surface area contributed by atoms with Gasteiger partial charge in [-0.2, -0.15) is 5.10 Å². The predicted octanol–water partition coefficient (Wildman–Crippen LogP) is 3.19. The van der Waals surface area contributed by atoms with E-state index in [0.29, 0.717) is 18.0 Å². The van der Waals surface area contributed by atoms with E-state index in [4.69, 9.17) is 0 Å². The molecule has 5 nitrogen and oxygen atoms in total. The zero-order valence-corrected chi connectivity index (χ0v) is 14.6. The first kappa shape index (κ1) is 16.1. The second-order valence-corrected chi connectivity index (χ2v) is 7.14. The van der Waals surface area contributed by atoms with Crippen LogP contribution in [0.5, 0.6) is 0 Å². The van der Waals surface area contributed by atoms with E-state index in [0.717, 1.165) is 23.4 Å². The Balaban J connectivity index is 1.63. The lowest BCUT2D eigenvalue weighted by molar-refractivity contribution is 0.264. The number of aromatic nitrogens is 4. The molecule has 2 aromatic rings. The minimum absolute atomic E-state index is 0.363. The van der Waals surface area contributed by atoms with Crippen LogP contribution in [0.3, 0.4) is 0 Å². The highest BCUT2D eigenvalue weighted by Gasteiger charge is 2.24. The summed E-state index contributed by atoms with van der Waals surface area (Å²) in [4.78, 5) is 11.8. The van der Waals surface area contributed by atoms with Crippen LogP contribution >= 0.6 is 0 Å². The fourth-order valence-corrected chi connectivity index (χ4v) is 3.16. The van der Waals surface area contributed by atoms with E-state index in [1.807, 2.05) is 29.5 Å². The van der Waals surface area contributed by atoms with Gasteiger partial charge >= 0.3 is 0 Å². The zero-order valence-electron chi connectivity index (χ0n) is 14.6. The Labute approximate surface area is 138 Å². The molecule has 0 unspecified atom stereocenters. The molecule has 1 fully saturated rings. The fraction of sp³-hybridized carbons (Fsp3) is 0.611. The molecule has 1 aliphatic rings. The number of hydrogen-bond acceptors (Lipinski definition) is 4. The summed E-state index contributed by atoms with van der Waals surface area (Å²) in [6, 6.07) is 1.01. The number of likely N-dealkylation sites (tertiary alicyclic amines) is 1. The maximum atomic E-state index is 4.62. The van der Waals surface area contributed by atoms with Gasteiger partial charge < -0.3 is 4.90 Å². The third-order valence-electron chi connectivity index (χ3n) is 4.68. The van der Waals surface area contributed by atoms with Crippen molar-refractivity contribution in [2.45, 2.75) is 52.6 Å². The van der Waals surface area contributed by atoms with E-state index < -0.39 is 0 Å². The highest BCUT2D eigenvalue weighted by molar-refractivity contribution is 5.55. The normalized spacial score (nSPS) is 19.1. The average molecular weight is 313 g/mol. The van der Waals surface area contributed by atoms with Gasteiger partial charge in [0.1, 0.15) is 0 Å². The lowest BCUT2D eigenvalue weighted by atomic mass is 10.0. The number of hydrogen-bond donors (Lipinski definition) is 0. The van der Waals surface area contributed by atoms with Gasteiger partial charge in [-0.15, -0.1) is 0 Å². The molecule has 0 bridgehead atoms.